The molecule has 0 radical (unpaired) electrons. The lowest BCUT2D eigenvalue weighted by Gasteiger charge is -2.15. The average Bonchev–Trinajstić information content (AvgIpc) is 2.84. The summed E-state index contributed by atoms with van der Waals surface area (Å²) in [5, 5.41) is 15.2. The van der Waals surface area contributed by atoms with Gasteiger partial charge in [-0.25, -0.2) is 14.8 Å². The van der Waals surface area contributed by atoms with Crippen molar-refractivity contribution < 1.29 is 24.2 Å². The molecule has 0 aliphatic carbocycles. The molecule has 9 nitrogen and oxygen atoms in total. The highest BCUT2D eigenvalue weighted by Crippen LogP contribution is 2.22. The molecule has 0 spiro atoms. The largest absolute Gasteiger partial charge is 0.497 e. The predicted octanol–water partition coefficient (Wildman–Crippen LogP) is 3.23. The number of benzene rings is 1. The van der Waals surface area contributed by atoms with Crippen LogP contribution in [0.4, 0.5) is 5.82 Å². The van der Waals surface area contributed by atoms with Crippen LogP contribution in [0.5, 0.6) is 11.6 Å². The quantitative estimate of drug-likeness (QED) is 0.379. The Kier molecular flexibility index (Phi) is 8.64. The first-order valence-electron chi connectivity index (χ1n) is 10.5. The molecule has 0 aliphatic heterocycles. The summed E-state index contributed by atoms with van der Waals surface area (Å²) in [6.07, 6.45) is 2.18. The van der Waals surface area contributed by atoms with E-state index in [0.717, 1.165) is 11.5 Å². The predicted molar refractivity (Wildman–Crippen MR) is 128 cm³/mol. The second kappa shape index (κ2) is 11.9. The van der Waals surface area contributed by atoms with Crippen LogP contribution in [-0.4, -0.2) is 53.8 Å². The molecule has 178 valence electrons. The monoisotopic (exact) mass is 484 g/mol. The molecule has 2 aromatic heterocycles. The van der Waals surface area contributed by atoms with Gasteiger partial charge in [-0.3, -0.25) is 4.79 Å². The second-order valence-electron chi connectivity index (χ2n) is 7.28. The number of aromatic nitrogens is 2. The van der Waals surface area contributed by atoms with Gasteiger partial charge < -0.3 is 25.2 Å². The molecule has 0 bridgehead atoms. The van der Waals surface area contributed by atoms with Gasteiger partial charge in [0.2, 0.25) is 5.88 Å². The summed E-state index contributed by atoms with van der Waals surface area (Å²) < 4.78 is 10.7. The van der Waals surface area contributed by atoms with Gasteiger partial charge in [-0.05, 0) is 35.9 Å². The van der Waals surface area contributed by atoms with Gasteiger partial charge in [-0.1, -0.05) is 23.7 Å². The van der Waals surface area contributed by atoms with Crippen LogP contribution in [0.15, 0.2) is 54.7 Å². The minimum atomic E-state index is -1.17. The van der Waals surface area contributed by atoms with E-state index in [-0.39, 0.29) is 17.0 Å². The maximum absolute atomic E-state index is 12.6. The summed E-state index contributed by atoms with van der Waals surface area (Å²) >= 11 is 6.12. The number of carbonyl (C=O) groups is 2. The van der Waals surface area contributed by atoms with Crippen LogP contribution in [-0.2, 0) is 17.6 Å². The number of anilines is 1. The zero-order chi connectivity index (χ0) is 24.5. The average molecular weight is 485 g/mol. The van der Waals surface area contributed by atoms with Crippen molar-refractivity contribution in [1.29, 1.82) is 0 Å². The Labute approximate surface area is 202 Å². The van der Waals surface area contributed by atoms with E-state index in [9.17, 15) is 14.7 Å². The van der Waals surface area contributed by atoms with Crippen LogP contribution < -0.4 is 20.1 Å². The van der Waals surface area contributed by atoms with Crippen LogP contribution >= 0.6 is 11.6 Å². The lowest BCUT2D eigenvalue weighted by molar-refractivity contribution is -0.139. The number of methoxy groups -OCH3 is 1. The Bertz CT molecular complexity index is 1140. The lowest BCUT2D eigenvalue weighted by atomic mass is 10.1. The fourth-order valence-electron chi connectivity index (χ4n) is 3.11. The van der Waals surface area contributed by atoms with E-state index in [2.05, 4.69) is 20.6 Å². The van der Waals surface area contributed by atoms with Crippen molar-refractivity contribution in [3.8, 4) is 11.6 Å². The number of amides is 1. The number of carboxylic acid groups (broad SMARTS) is 1. The third kappa shape index (κ3) is 6.82. The number of halogens is 1. The molecule has 0 aliphatic rings. The Hall–Kier alpha value is -3.85. The van der Waals surface area contributed by atoms with Crippen molar-refractivity contribution in [1.82, 2.24) is 15.3 Å². The minimum Gasteiger partial charge on any atom is -0.497 e. The Morgan fingerprint density at radius 3 is 2.65 bits per heavy atom. The SMILES string of the molecule is CNc1cccc(CCOc2ccc(C[C@H](NC(=O)c3ccc(OC)cc3Cl)C(=O)O)cn2)n1. The topological polar surface area (TPSA) is 123 Å². The smallest absolute Gasteiger partial charge is 0.326 e. The molecule has 0 fully saturated rings. The molecule has 1 amide bonds. The molecule has 0 saturated carbocycles. The van der Waals surface area contributed by atoms with E-state index in [1.54, 1.807) is 18.2 Å². The summed E-state index contributed by atoms with van der Waals surface area (Å²) in [5.74, 6) is -0.0743. The zero-order valence-electron chi connectivity index (χ0n) is 18.7. The maximum Gasteiger partial charge on any atom is 0.326 e. The van der Waals surface area contributed by atoms with Gasteiger partial charge in [-0.2, -0.15) is 0 Å². The van der Waals surface area contributed by atoms with Gasteiger partial charge in [0.05, 0.1) is 24.3 Å². The van der Waals surface area contributed by atoms with Gasteiger partial charge in [0.15, 0.2) is 0 Å². The summed E-state index contributed by atoms with van der Waals surface area (Å²) in [6.45, 7) is 0.392. The molecule has 34 heavy (non-hydrogen) atoms. The van der Waals surface area contributed by atoms with Crippen LogP contribution in [0.1, 0.15) is 21.6 Å². The lowest BCUT2D eigenvalue weighted by Crippen LogP contribution is -2.42. The van der Waals surface area contributed by atoms with Gasteiger partial charge in [-0.15, -0.1) is 0 Å². The molecule has 1 aromatic carbocycles. The number of aliphatic carboxylic acids is 1. The standard InChI is InChI=1S/C24H25ClN4O5/c1-26-21-5-3-4-16(28-21)10-11-34-22-9-6-15(14-27-22)12-20(24(31)32)29-23(30)18-8-7-17(33-2)13-19(18)25/h3-9,13-14,20H,10-12H2,1-2H3,(H,26,28)(H,29,30)(H,31,32)/t20-/m0/s1. The number of hydrogen-bond acceptors (Lipinski definition) is 7. The first kappa shape index (κ1) is 24.8. The molecular formula is C24H25ClN4O5. The normalized spacial score (nSPS) is 11.4. The van der Waals surface area contributed by atoms with E-state index in [4.69, 9.17) is 21.1 Å². The van der Waals surface area contributed by atoms with Crippen LogP contribution in [0, 0.1) is 0 Å². The summed E-state index contributed by atoms with van der Waals surface area (Å²) in [4.78, 5) is 32.9. The van der Waals surface area contributed by atoms with Crippen molar-refractivity contribution >= 4 is 29.3 Å². The van der Waals surface area contributed by atoms with Crippen LogP contribution in [0.25, 0.3) is 0 Å². The molecule has 3 N–H and O–H groups in total. The molecule has 10 heteroatoms. The zero-order valence-corrected chi connectivity index (χ0v) is 19.5. The maximum atomic E-state index is 12.6. The van der Waals surface area contributed by atoms with Crippen molar-refractivity contribution in [2.24, 2.45) is 0 Å². The molecule has 1 atom stereocenters. The van der Waals surface area contributed by atoms with Crippen molar-refractivity contribution in [2.75, 3.05) is 26.1 Å². The van der Waals surface area contributed by atoms with Crippen LogP contribution in [0.2, 0.25) is 5.02 Å². The molecule has 0 saturated heterocycles. The Balaban J connectivity index is 1.56. The third-order valence-corrected chi connectivity index (χ3v) is 5.25. The van der Waals surface area contributed by atoms with E-state index < -0.39 is 17.9 Å². The highest BCUT2D eigenvalue weighted by Gasteiger charge is 2.22. The minimum absolute atomic E-state index is 0.0445. The Morgan fingerprint density at radius 1 is 1.18 bits per heavy atom. The second-order valence-corrected chi connectivity index (χ2v) is 7.69. The summed E-state index contributed by atoms with van der Waals surface area (Å²) in [6, 6.07) is 12.5. The molecule has 3 aromatic rings. The summed E-state index contributed by atoms with van der Waals surface area (Å²) in [7, 11) is 3.29. The number of nitrogens with one attached hydrogen (secondary N) is 2. The van der Waals surface area contributed by atoms with E-state index in [0.29, 0.717) is 30.2 Å². The fourth-order valence-corrected chi connectivity index (χ4v) is 3.37. The number of carboxylic acids is 1. The van der Waals surface area contributed by atoms with Crippen LogP contribution in [0.3, 0.4) is 0 Å². The number of nitrogens with zero attached hydrogens (tertiary/aromatic N) is 2. The number of pyridine rings is 2. The molecule has 2 heterocycles. The number of rotatable bonds is 11. The fraction of sp³-hybridized carbons (Fsp3) is 0.250. The Morgan fingerprint density at radius 2 is 2.00 bits per heavy atom. The van der Waals surface area contributed by atoms with E-state index >= 15 is 0 Å². The van der Waals surface area contributed by atoms with Gasteiger partial charge in [0.1, 0.15) is 17.6 Å². The van der Waals surface area contributed by atoms with Crippen molar-refractivity contribution in [3.05, 3.63) is 76.6 Å². The summed E-state index contributed by atoms with van der Waals surface area (Å²) in [5.41, 5.74) is 1.68. The number of ether oxygens (including phenoxy) is 2. The first-order chi connectivity index (χ1) is 16.4. The molecule has 0 unspecified atom stereocenters. The van der Waals surface area contributed by atoms with Gasteiger partial charge in [0.25, 0.3) is 5.91 Å². The van der Waals surface area contributed by atoms with Crippen molar-refractivity contribution in [2.45, 2.75) is 18.9 Å². The third-order valence-electron chi connectivity index (χ3n) is 4.93. The van der Waals surface area contributed by atoms with E-state index in [1.165, 1.54) is 25.4 Å². The van der Waals surface area contributed by atoms with Gasteiger partial charge >= 0.3 is 5.97 Å². The van der Waals surface area contributed by atoms with Crippen molar-refractivity contribution in [3.63, 3.8) is 0 Å². The number of hydrogen-bond donors (Lipinski definition) is 3. The molecule has 3 rings (SSSR count). The highest BCUT2D eigenvalue weighted by atomic mass is 35.5. The molecular weight excluding hydrogens is 460 g/mol. The highest BCUT2D eigenvalue weighted by molar-refractivity contribution is 6.34. The van der Waals surface area contributed by atoms with Gasteiger partial charge in [0, 0.05) is 37.8 Å². The first-order valence-corrected chi connectivity index (χ1v) is 10.9. The number of carbonyl (C=O) groups excluding carboxylic acids is 1. The van der Waals surface area contributed by atoms with E-state index in [1.807, 2.05) is 25.2 Å².